The van der Waals surface area contributed by atoms with Crippen molar-refractivity contribution in [3.05, 3.63) is 57.0 Å². The van der Waals surface area contributed by atoms with E-state index in [0.29, 0.717) is 28.4 Å². The maximum atomic E-state index is 13.1. The van der Waals surface area contributed by atoms with Crippen molar-refractivity contribution < 1.29 is 4.79 Å². The summed E-state index contributed by atoms with van der Waals surface area (Å²) in [6.07, 6.45) is 1.22. The van der Waals surface area contributed by atoms with E-state index in [1.54, 1.807) is 12.1 Å². The first-order valence-electron chi connectivity index (χ1n) is 8.72. The lowest BCUT2D eigenvalue weighted by atomic mass is 9.69. The fourth-order valence-corrected chi connectivity index (χ4v) is 4.24. The van der Waals surface area contributed by atoms with Crippen LogP contribution in [-0.2, 0) is 4.79 Å². The van der Waals surface area contributed by atoms with Crippen LogP contribution in [0.3, 0.4) is 0 Å². The molecule has 0 saturated carbocycles. The summed E-state index contributed by atoms with van der Waals surface area (Å²) in [6.45, 7) is 4.17. The van der Waals surface area contributed by atoms with Gasteiger partial charge in [-0.05, 0) is 41.7 Å². The normalized spacial score (nSPS) is 20.3. The van der Waals surface area contributed by atoms with Crippen molar-refractivity contribution in [1.82, 2.24) is 9.97 Å². The van der Waals surface area contributed by atoms with Crippen LogP contribution in [0, 0.1) is 21.5 Å². The molecule has 0 bridgehead atoms. The Bertz CT molecular complexity index is 1090. The summed E-state index contributed by atoms with van der Waals surface area (Å²) in [5.74, 6) is 0.758. The van der Waals surface area contributed by atoms with Gasteiger partial charge in [0.15, 0.2) is 10.6 Å². The molecule has 1 unspecified atom stereocenters. The second kappa shape index (κ2) is 6.03. The summed E-state index contributed by atoms with van der Waals surface area (Å²) < 4.78 is 0.294. The van der Waals surface area contributed by atoms with Gasteiger partial charge >= 0.3 is 0 Å². The van der Waals surface area contributed by atoms with Crippen LogP contribution in [0.25, 0.3) is 0 Å². The van der Waals surface area contributed by atoms with Crippen LogP contribution < -0.4 is 11.1 Å². The number of H-pyrrole nitrogens is 1. The third-order valence-electron chi connectivity index (χ3n) is 5.14. The molecule has 136 valence electrons. The molecule has 4 rings (SSSR count). The van der Waals surface area contributed by atoms with E-state index >= 15 is 0 Å². The van der Waals surface area contributed by atoms with Gasteiger partial charge < -0.3 is 16.0 Å². The Morgan fingerprint density at radius 2 is 2.00 bits per heavy atom. The van der Waals surface area contributed by atoms with E-state index in [2.05, 4.69) is 35.2 Å². The van der Waals surface area contributed by atoms with Gasteiger partial charge in [0.25, 0.3) is 0 Å². The van der Waals surface area contributed by atoms with Crippen LogP contribution in [0.1, 0.15) is 49.3 Å². The minimum Gasteiger partial charge on any atom is -0.385 e. The molecule has 4 N–H and O–H groups in total. The van der Waals surface area contributed by atoms with Gasteiger partial charge in [-0.1, -0.05) is 26.0 Å². The molecule has 1 aromatic carbocycles. The first-order valence-corrected chi connectivity index (χ1v) is 9.13. The van der Waals surface area contributed by atoms with Gasteiger partial charge in [0.2, 0.25) is 0 Å². The van der Waals surface area contributed by atoms with E-state index in [-0.39, 0.29) is 17.1 Å². The largest absolute Gasteiger partial charge is 0.385 e. The lowest BCUT2D eigenvalue weighted by Crippen LogP contribution is -2.34. The third-order valence-corrected chi connectivity index (χ3v) is 5.33. The fraction of sp³-hybridized carbons (Fsp3) is 0.300. The van der Waals surface area contributed by atoms with Crippen LogP contribution in [-0.4, -0.2) is 15.8 Å². The Labute approximate surface area is 162 Å². The van der Waals surface area contributed by atoms with E-state index in [1.165, 1.54) is 0 Å². The van der Waals surface area contributed by atoms with Crippen molar-refractivity contribution in [1.29, 1.82) is 5.26 Å². The number of nitrogens with two attached hydrogens (primary N) is 1. The minimum absolute atomic E-state index is 0.107. The van der Waals surface area contributed by atoms with Crippen molar-refractivity contribution in [2.75, 3.05) is 11.1 Å². The number of aromatic amines is 1. The average molecular weight is 377 g/mol. The lowest BCUT2D eigenvalue weighted by Gasteiger charge is -2.39. The molecule has 1 aromatic heterocycles. The maximum Gasteiger partial charge on any atom is 0.200 e. The number of hydrogen-bond acceptors (Lipinski definition) is 6. The number of carbonyl (C=O) groups is 1. The predicted octanol–water partition coefficient (Wildman–Crippen LogP) is 3.79. The summed E-state index contributed by atoms with van der Waals surface area (Å²) in [4.78, 5) is 20.4. The number of Topliss-reactive ketones (excluding diaryl/α,β-unsaturated/α-hetero) is 1. The molecule has 1 aliphatic carbocycles. The first-order chi connectivity index (χ1) is 12.8. The minimum atomic E-state index is -0.341. The quantitative estimate of drug-likeness (QED) is 0.653. The van der Waals surface area contributed by atoms with Crippen molar-refractivity contribution in [3.63, 3.8) is 0 Å². The zero-order valence-electron chi connectivity index (χ0n) is 15.1. The van der Waals surface area contributed by atoms with Crippen molar-refractivity contribution >= 4 is 29.6 Å². The van der Waals surface area contributed by atoms with Gasteiger partial charge in [0, 0.05) is 29.2 Å². The second-order valence-electron chi connectivity index (χ2n) is 7.84. The molecule has 1 atom stereocenters. The summed E-state index contributed by atoms with van der Waals surface area (Å²) in [7, 11) is 0. The van der Waals surface area contributed by atoms with Crippen LogP contribution in [0.15, 0.2) is 35.5 Å². The van der Waals surface area contributed by atoms with Crippen molar-refractivity contribution in [2.24, 2.45) is 5.41 Å². The zero-order chi connectivity index (χ0) is 19.3. The van der Waals surface area contributed by atoms with Gasteiger partial charge in [-0.15, -0.1) is 0 Å². The SMILES string of the molecule is CC1(C)CC(=O)C2=C(C1)Nc1nc(=S)[nH]c(N)c1C2c1ccc(C#N)cc1. The monoisotopic (exact) mass is 377 g/mol. The number of aromatic nitrogens is 2. The standard InChI is InChI=1S/C20H19N5OS/c1-20(2)7-12-15(13(26)8-20)14(11-5-3-10(9-21)4-6-11)16-17(22)24-19(27)25-18(16)23-12/h3-6,14H,7-8H2,1-2H3,(H4,22,23,24,25,27). The number of nitrogen functional groups attached to an aromatic ring is 1. The molecule has 2 aromatic rings. The average Bonchev–Trinajstić information content (AvgIpc) is 2.58. The Kier molecular flexibility index (Phi) is 3.89. The van der Waals surface area contributed by atoms with E-state index in [0.717, 1.165) is 28.8 Å². The lowest BCUT2D eigenvalue weighted by molar-refractivity contribution is -0.118. The third kappa shape index (κ3) is 2.92. The highest BCUT2D eigenvalue weighted by molar-refractivity contribution is 7.71. The number of rotatable bonds is 1. The van der Waals surface area contributed by atoms with E-state index in [1.807, 2.05) is 12.1 Å². The highest BCUT2D eigenvalue weighted by atomic mass is 32.1. The molecular weight excluding hydrogens is 358 g/mol. The molecular formula is C20H19N5OS. The predicted molar refractivity (Wildman–Crippen MR) is 106 cm³/mol. The second-order valence-corrected chi connectivity index (χ2v) is 8.23. The van der Waals surface area contributed by atoms with Gasteiger partial charge in [-0.2, -0.15) is 5.26 Å². The van der Waals surface area contributed by atoms with Gasteiger partial charge in [0.05, 0.1) is 11.6 Å². The number of ketones is 1. The topological polar surface area (TPSA) is 108 Å². The number of nitrogens with one attached hydrogen (secondary N) is 2. The van der Waals surface area contributed by atoms with Crippen LogP contribution in [0.4, 0.5) is 11.6 Å². The summed E-state index contributed by atoms with van der Waals surface area (Å²) in [6, 6.07) is 9.37. The van der Waals surface area contributed by atoms with E-state index in [9.17, 15) is 4.79 Å². The number of nitriles is 1. The number of carbonyl (C=O) groups excluding carboxylic acids is 1. The van der Waals surface area contributed by atoms with Gasteiger partial charge in [0.1, 0.15) is 11.6 Å². The molecule has 0 radical (unpaired) electrons. The molecule has 27 heavy (non-hydrogen) atoms. The molecule has 0 amide bonds. The number of allylic oxidation sites excluding steroid dienone is 2. The molecule has 1 aliphatic heterocycles. The Hall–Kier alpha value is -2.98. The van der Waals surface area contributed by atoms with Gasteiger partial charge in [-0.3, -0.25) is 4.79 Å². The maximum absolute atomic E-state index is 13.1. The van der Waals surface area contributed by atoms with Gasteiger partial charge in [-0.25, -0.2) is 4.98 Å². The first kappa shape index (κ1) is 17.4. The number of fused-ring (bicyclic) bond motifs is 1. The molecule has 2 heterocycles. The Morgan fingerprint density at radius 3 is 2.67 bits per heavy atom. The van der Waals surface area contributed by atoms with Crippen LogP contribution in [0.5, 0.6) is 0 Å². The fourth-order valence-electron chi connectivity index (χ4n) is 4.04. The number of benzene rings is 1. The van der Waals surface area contributed by atoms with E-state index in [4.69, 9.17) is 23.2 Å². The number of hydrogen-bond donors (Lipinski definition) is 3. The van der Waals surface area contributed by atoms with Crippen molar-refractivity contribution in [3.8, 4) is 6.07 Å². The van der Waals surface area contributed by atoms with Crippen LogP contribution >= 0.6 is 12.2 Å². The molecule has 7 heteroatoms. The summed E-state index contributed by atoms with van der Waals surface area (Å²) >= 11 is 5.18. The van der Waals surface area contributed by atoms with E-state index < -0.39 is 0 Å². The number of anilines is 2. The smallest absolute Gasteiger partial charge is 0.200 e. The number of nitrogens with zero attached hydrogens (tertiary/aromatic N) is 2. The Balaban J connectivity index is 1.97. The molecule has 0 saturated heterocycles. The molecule has 0 spiro atoms. The highest BCUT2D eigenvalue weighted by Gasteiger charge is 2.42. The Morgan fingerprint density at radius 1 is 1.30 bits per heavy atom. The molecule has 2 aliphatic rings. The highest BCUT2D eigenvalue weighted by Crippen LogP contribution is 2.49. The summed E-state index contributed by atoms with van der Waals surface area (Å²) in [5.41, 5.74) is 9.93. The molecule has 6 nitrogen and oxygen atoms in total. The molecule has 0 fully saturated rings. The summed E-state index contributed by atoms with van der Waals surface area (Å²) in [5, 5.41) is 12.4. The van der Waals surface area contributed by atoms with Crippen LogP contribution in [0.2, 0.25) is 0 Å². The zero-order valence-corrected chi connectivity index (χ0v) is 15.9. The van der Waals surface area contributed by atoms with Crippen molar-refractivity contribution in [2.45, 2.75) is 32.6 Å².